The van der Waals surface area contributed by atoms with Gasteiger partial charge in [0.25, 0.3) is 0 Å². The SMILES string of the molecule is Cn1c(-c2ccc(Cl)cc2)nc(Cl)c1C#N. The highest BCUT2D eigenvalue weighted by Gasteiger charge is 2.13. The maximum Gasteiger partial charge on any atom is 0.166 e. The first-order valence-corrected chi connectivity index (χ1v) is 5.27. The molecule has 0 aliphatic heterocycles. The first-order valence-electron chi connectivity index (χ1n) is 4.51. The fraction of sp³-hybridized carbons (Fsp3) is 0.0909. The molecule has 0 fully saturated rings. The van der Waals surface area contributed by atoms with Crippen molar-refractivity contribution in [1.82, 2.24) is 9.55 Å². The van der Waals surface area contributed by atoms with E-state index in [1.54, 1.807) is 23.7 Å². The first kappa shape index (κ1) is 11.0. The number of nitrogens with zero attached hydrogens (tertiary/aromatic N) is 3. The zero-order chi connectivity index (χ0) is 11.7. The predicted octanol–water partition coefficient (Wildman–Crippen LogP) is 3.27. The van der Waals surface area contributed by atoms with Crippen LogP contribution in [0.5, 0.6) is 0 Å². The maximum atomic E-state index is 8.89. The Morgan fingerprint density at radius 1 is 1.25 bits per heavy atom. The molecule has 0 saturated carbocycles. The number of halogens is 2. The van der Waals surface area contributed by atoms with Crippen LogP contribution in [0.2, 0.25) is 10.2 Å². The largest absolute Gasteiger partial charge is 0.318 e. The molecular formula is C11H7Cl2N3. The fourth-order valence-corrected chi connectivity index (χ4v) is 1.82. The van der Waals surface area contributed by atoms with Gasteiger partial charge < -0.3 is 4.57 Å². The van der Waals surface area contributed by atoms with Gasteiger partial charge in [0.2, 0.25) is 0 Å². The third-order valence-electron chi connectivity index (χ3n) is 2.26. The lowest BCUT2D eigenvalue weighted by atomic mass is 10.2. The molecule has 0 N–H and O–H groups in total. The third kappa shape index (κ3) is 1.78. The topological polar surface area (TPSA) is 41.6 Å². The summed E-state index contributed by atoms with van der Waals surface area (Å²) in [6, 6.07) is 9.22. The number of hydrogen-bond donors (Lipinski definition) is 0. The molecule has 2 rings (SSSR count). The second-order valence-corrected chi connectivity index (χ2v) is 4.05. The van der Waals surface area contributed by atoms with Crippen molar-refractivity contribution in [3.8, 4) is 17.5 Å². The van der Waals surface area contributed by atoms with Gasteiger partial charge in [-0.1, -0.05) is 23.2 Å². The minimum Gasteiger partial charge on any atom is -0.318 e. The van der Waals surface area contributed by atoms with Crippen LogP contribution < -0.4 is 0 Å². The highest BCUT2D eigenvalue weighted by Crippen LogP contribution is 2.24. The molecule has 80 valence electrons. The quantitative estimate of drug-likeness (QED) is 0.781. The van der Waals surface area contributed by atoms with Crippen LogP contribution >= 0.6 is 23.2 Å². The second kappa shape index (κ2) is 4.17. The van der Waals surface area contributed by atoms with Crippen molar-refractivity contribution in [2.75, 3.05) is 0 Å². The van der Waals surface area contributed by atoms with Gasteiger partial charge >= 0.3 is 0 Å². The summed E-state index contributed by atoms with van der Waals surface area (Å²) >= 11 is 11.6. The fourth-order valence-electron chi connectivity index (χ4n) is 1.44. The van der Waals surface area contributed by atoms with Gasteiger partial charge in [0, 0.05) is 17.6 Å². The lowest BCUT2D eigenvalue weighted by Gasteiger charge is -2.01. The van der Waals surface area contributed by atoms with Crippen LogP contribution in [-0.4, -0.2) is 9.55 Å². The highest BCUT2D eigenvalue weighted by atomic mass is 35.5. The van der Waals surface area contributed by atoms with Crippen LogP contribution in [0.3, 0.4) is 0 Å². The van der Waals surface area contributed by atoms with Crippen LogP contribution in [0.1, 0.15) is 5.69 Å². The normalized spacial score (nSPS) is 10.1. The summed E-state index contributed by atoms with van der Waals surface area (Å²) in [4.78, 5) is 4.14. The van der Waals surface area contributed by atoms with E-state index in [-0.39, 0.29) is 5.15 Å². The molecule has 1 aromatic heterocycles. The van der Waals surface area contributed by atoms with E-state index in [1.807, 2.05) is 18.2 Å². The van der Waals surface area contributed by atoms with Crippen molar-refractivity contribution in [3.05, 3.63) is 40.1 Å². The Kier molecular flexibility index (Phi) is 2.86. The first-order chi connectivity index (χ1) is 7.63. The van der Waals surface area contributed by atoms with E-state index in [4.69, 9.17) is 28.5 Å². The van der Waals surface area contributed by atoms with Gasteiger partial charge in [-0.3, -0.25) is 0 Å². The van der Waals surface area contributed by atoms with E-state index in [0.29, 0.717) is 16.5 Å². The Bertz CT molecular complexity index is 564. The van der Waals surface area contributed by atoms with Crippen molar-refractivity contribution >= 4 is 23.2 Å². The maximum absolute atomic E-state index is 8.89. The lowest BCUT2D eigenvalue weighted by molar-refractivity contribution is 0.907. The van der Waals surface area contributed by atoms with Gasteiger partial charge in [0.1, 0.15) is 11.9 Å². The number of hydrogen-bond acceptors (Lipinski definition) is 2. The average Bonchev–Trinajstić information content (AvgIpc) is 2.55. The molecule has 0 amide bonds. The molecule has 16 heavy (non-hydrogen) atoms. The zero-order valence-electron chi connectivity index (χ0n) is 8.41. The molecule has 0 saturated heterocycles. The van der Waals surface area contributed by atoms with Crippen LogP contribution in [0, 0.1) is 11.3 Å². The van der Waals surface area contributed by atoms with Crippen molar-refractivity contribution in [2.45, 2.75) is 0 Å². The highest BCUT2D eigenvalue weighted by molar-refractivity contribution is 6.31. The Hall–Kier alpha value is -1.50. The second-order valence-electron chi connectivity index (χ2n) is 3.25. The van der Waals surface area contributed by atoms with Gasteiger partial charge in [-0.2, -0.15) is 5.26 Å². The lowest BCUT2D eigenvalue weighted by Crippen LogP contribution is -1.95. The molecule has 0 atom stereocenters. The summed E-state index contributed by atoms with van der Waals surface area (Å²) in [7, 11) is 1.75. The van der Waals surface area contributed by atoms with Crippen LogP contribution in [0.15, 0.2) is 24.3 Å². The van der Waals surface area contributed by atoms with Gasteiger partial charge in [0.15, 0.2) is 10.8 Å². The van der Waals surface area contributed by atoms with Crippen molar-refractivity contribution < 1.29 is 0 Å². The van der Waals surface area contributed by atoms with E-state index in [0.717, 1.165) is 5.56 Å². The van der Waals surface area contributed by atoms with E-state index in [2.05, 4.69) is 4.98 Å². The van der Waals surface area contributed by atoms with Crippen LogP contribution in [0.25, 0.3) is 11.4 Å². The molecule has 2 aromatic rings. The summed E-state index contributed by atoms with van der Waals surface area (Å²) in [5, 5.41) is 9.76. The van der Waals surface area contributed by atoms with Crippen molar-refractivity contribution in [2.24, 2.45) is 7.05 Å². The molecule has 0 radical (unpaired) electrons. The van der Waals surface area contributed by atoms with Gasteiger partial charge in [-0.05, 0) is 24.3 Å². The Balaban J connectivity index is 2.58. The molecule has 0 unspecified atom stereocenters. The van der Waals surface area contributed by atoms with Crippen molar-refractivity contribution in [1.29, 1.82) is 5.26 Å². The number of nitriles is 1. The van der Waals surface area contributed by atoms with Gasteiger partial charge in [-0.25, -0.2) is 4.98 Å². The number of rotatable bonds is 1. The van der Waals surface area contributed by atoms with E-state index < -0.39 is 0 Å². The Labute approximate surface area is 103 Å². The average molecular weight is 252 g/mol. The van der Waals surface area contributed by atoms with Crippen LogP contribution in [0.4, 0.5) is 0 Å². The molecule has 0 aliphatic rings. The molecular weight excluding hydrogens is 245 g/mol. The van der Waals surface area contributed by atoms with E-state index >= 15 is 0 Å². The molecule has 0 spiro atoms. The summed E-state index contributed by atoms with van der Waals surface area (Å²) in [5.41, 5.74) is 1.22. The minimum absolute atomic E-state index is 0.218. The summed E-state index contributed by atoms with van der Waals surface area (Å²) < 4.78 is 1.66. The van der Waals surface area contributed by atoms with Crippen molar-refractivity contribution in [3.63, 3.8) is 0 Å². The number of imidazole rings is 1. The predicted molar refractivity (Wildman–Crippen MR) is 63.4 cm³/mol. The zero-order valence-corrected chi connectivity index (χ0v) is 9.92. The summed E-state index contributed by atoms with van der Waals surface area (Å²) in [6.07, 6.45) is 0. The minimum atomic E-state index is 0.218. The Morgan fingerprint density at radius 3 is 2.38 bits per heavy atom. The number of aromatic nitrogens is 2. The Morgan fingerprint density at radius 2 is 1.88 bits per heavy atom. The monoisotopic (exact) mass is 251 g/mol. The summed E-state index contributed by atoms with van der Waals surface area (Å²) in [6.45, 7) is 0. The molecule has 1 aromatic carbocycles. The van der Waals surface area contributed by atoms with Crippen LogP contribution in [-0.2, 0) is 7.05 Å². The number of benzene rings is 1. The molecule has 5 heteroatoms. The van der Waals surface area contributed by atoms with E-state index in [9.17, 15) is 0 Å². The van der Waals surface area contributed by atoms with Gasteiger partial charge in [-0.15, -0.1) is 0 Å². The van der Waals surface area contributed by atoms with E-state index in [1.165, 1.54) is 0 Å². The third-order valence-corrected chi connectivity index (χ3v) is 2.78. The molecule has 0 aliphatic carbocycles. The molecule has 3 nitrogen and oxygen atoms in total. The molecule has 0 bridgehead atoms. The molecule has 1 heterocycles. The summed E-state index contributed by atoms with van der Waals surface area (Å²) in [5.74, 6) is 0.651. The smallest absolute Gasteiger partial charge is 0.166 e. The van der Waals surface area contributed by atoms with Gasteiger partial charge in [0.05, 0.1) is 0 Å². The standard InChI is InChI=1S/C11H7Cl2N3/c1-16-9(6-14)10(13)15-11(16)7-2-4-8(12)5-3-7/h2-5H,1H3.